The summed E-state index contributed by atoms with van der Waals surface area (Å²) in [6, 6.07) is 9.49. The third-order valence-corrected chi connectivity index (χ3v) is 4.51. The Bertz CT molecular complexity index is 562. The highest BCUT2D eigenvalue weighted by atomic mass is 16.5. The summed E-state index contributed by atoms with van der Waals surface area (Å²) in [7, 11) is 0. The first kappa shape index (κ1) is 14.9. The highest BCUT2D eigenvalue weighted by molar-refractivity contribution is 5.81. The number of anilines is 1. The predicted octanol–water partition coefficient (Wildman–Crippen LogP) is 2.14. The van der Waals surface area contributed by atoms with E-state index in [1.807, 2.05) is 17.0 Å². The molecule has 5 nitrogen and oxygen atoms in total. The van der Waals surface area contributed by atoms with E-state index in [2.05, 4.69) is 11.4 Å². The van der Waals surface area contributed by atoms with Crippen LogP contribution >= 0.6 is 0 Å². The number of nitrogens with one attached hydrogen (secondary N) is 1. The van der Waals surface area contributed by atoms with Gasteiger partial charge in [0.1, 0.15) is 0 Å². The number of morpholine rings is 1. The molecule has 1 saturated heterocycles. The first-order chi connectivity index (χ1) is 10.8. The fraction of sp³-hybridized carbons (Fsp3) is 0.529. The van der Waals surface area contributed by atoms with E-state index in [0.29, 0.717) is 18.7 Å². The second-order valence-electron chi connectivity index (χ2n) is 5.89. The van der Waals surface area contributed by atoms with Gasteiger partial charge in [0, 0.05) is 12.2 Å². The summed E-state index contributed by atoms with van der Waals surface area (Å²) < 4.78 is 5.81. The number of carbonyl (C=O) groups excluding carboxylic acids is 1. The topological polar surface area (TPSA) is 65.4 Å². The van der Waals surface area contributed by atoms with Crippen molar-refractivity contribution in [3.05, 3.63) is 29.8 Å². The Labute approximate surface area is 130 Å². The largest absolute Gasteiger partial charge is 0.376 e. The van der Waals surface area contributed by atoms with Crippen LogP contribution in [0.15, 0.2) is 24.3 Å². The van der Waals surface area contributed by atoms with Crippen molar-refractivity contribution in [1.29, 1.82) is 5.26 Å². The predicted molar refractivity (Wildman–Crippen MR) is 83.4 cm³/mol. The molecule has 1 aromatic rings. The number of rotatable bonds is 3. The maximum Gasteiger partial charge on any atom is 0.242 e. The van der Waals surface area contributed by atoms with Gasteiger partial charge in [-0.1, -0.05) is 12.8 Å². The number of hydrogen-bond donors (Lipinski definition) is 1. The lowest BCUT2D eigenvalue weighted by molar-refractivity contribution is -0.147. The molecule has 1 amide bonds. The number of nitriles is 1. The molecule has 0 aromatic heterocycles. The van der Waals surface area contributed by atoms with Crippen molar-refractivity contribution < 1.29 is 9.53 Å². The van der Waals surface area contributed by atoms with E-state index in [9.17, 15) is 4.79 Å². The van der Waals surface area contributed by atoms with Crippen LogP contribution in [0, 0.1) is 11.3 Å². The van der Waals surface area contributed by atoms with Gasteiger partial charge in [0.25, 0.3) is 0 Å². The molecule has 2 atom stereocenters. The average Bonchev–Trinajstić information content (AvgIpc) is 2.59. The van der Waals surface area contributed by atoms with Gasteiger partial charge < -0.3 is 15.0 Å². The Morgan fingerprint density at radius 3 is 2.86 bits per heavy atom. The smallest absolute Gasteiger partial charge is 0.242 e. The second kappa shape index (κ2) is 6.80. The van der Waals surface area contributed by atoms with Gasteiger partial charge in [-0.15, -0.1) is 0 Å². The van der Waals surface area contributed by atoms with E-state index >= 15 is 0 Å². The molecule has 2 fully saturated rings. The minimum absolute atomic E-state index is 0.129. The molecule has 1 aromatic carbocycles. The number of ether oxygens (including phenoxy) is 1. The van der Waals surface area contributed by atoms with Gasteiger partial charge in [-0.05, 0) is 37.1 Å². The van der Waals surface area contributed by atoms with E-state index in [4.69, 9.17) is 10.00 Å². The van der Waals surface area contributed by atoms with Gasteiger partial charge in [0.05, 0.1) is 36.9 Å². The number of fused-ring (bicyclic) bond motifs is 1. The monoisotopic (exact) mass is 299 g/mol. The van der Waals surface area contributed by atoms with E-state index < -0.39 is 0 Å². The molecule has 1 saturated carbocycles. The first-order valence-corrected chi connectivity index (χ1v) is 7.93. The van der Waals surface area contributed by atoms with E-state index in [0.717, 1.165) is 18.5 Å². The molecule has 1 N–H and O–H groups in total. The van der Waals surface area contributed by atoms with Crippen molar-refractivity contribution in [2.24, 2.45) is 0 Å². The summed E-state index contributed by atoms with van der Waals surface area (Å²) in [5.41, 5.74) is 1.48. The van der Waals surface area contributed by atoms with Crippen molar-refractivity contribution in [2.75, 3.05) is 25.0 Å². The van der Waals surface area contributed by atoms with Crippen molar-refractivity contribution in [3.8, 4) is 6.07 Å². The molecule has 1 aliphatic carbocycles. The number of carbonyl (C=O) groups is 1. The molecule has 0 unspecified atom stereocenters. The molecule has 3 rings (SSSR count). The van der Waals surface area contributed by atoms with Crippen LogP contribution in [0.4, 0.5) is 5.69 Å². The van der Waals surface area contributed by atoms with E-state index in [1.54, 1.807) is 12.1 Å². The molecule has 0 radical (unpaired) electrons. The molecule has 22 heavy (non-hydrogen) atoms. The highest BCUT2D eigenvalue weighted by Crippen LogP contribution is 2.28. The Kier molecular flexibility index (Phi) is 4.59. The fourth-order valence-corrected chi connectivity index (χ4v) is 3.35. The Hall–Kier alpha value is -2.06. The summed E-state index contributed by atoms with van der Waals surface area (Å²) in [6.45, 7) is 1.62. The van der Waals surface area contributed by atoms with Crippen molar-refractivity contribution in [2.45, 2.75) is 37.8 Å². The van der Waals surface area contributed by atoms with E-state index in [1.165, 1.54) is 12.8 Å². The van der Waals surface area contributed by atoms with Gasteiger partial charge in [-0.3, -0.25) is 4.79 Å². The number of amides is 1. The van der Waals surface area contributed by atoms with Crippen LogP contribution in [0.3, 0.4) is 0 Å². The van der Waals surface area contributed by atoms with Crippen LogP contribution in [0.25, 0.3) is 0 Å². The third kappa shape index (κ3) is 3.23. The van der Waals surface area contributed by atoms with Crippen molar-refractivity contribution in [3.63, 3.8) is 0 Å². The first-order valence-electron chi connectivity index (χ1n) is 7.93. The third-order valence-electron chi connectivity index (χ3n) is 4.51. The van der Waals surface area contributed by atoms with Crippen molar-refractivity contribution in [1.82, 2.24) is 4.90 Å². The number of hydrogen-bond acceptors (Lipinski definition) is 4. The van der Waals surface area contributed by atoms with Crippen LogP contribution < -0.4 is 5.32 Å². The van der Waals surface area contributed by atoms with Crippen LogP contribution in [-0.2, 0) is 9.53 Å². The molecule has 2 aliphatic rings. The molecule has 116 valence electrons. The van der Waals surface area contributed by atoms with Crippen LogP contribution in [0.2, 0.25) is 0 Å². The molecular weight excluding hydrogens is 278 g/mol. The summed E-state index contributed by atoms with van der Waals surface area (Å²) in [5, 5.41) is 11.9. The highest BCUT2D eigenvalue weighted by Gasteiger charge is 2.36. The SMILES string of the molecule is N#Cc1ccc(NCC(=O)N2CCO[C@H]3CCCC[C@@H]32)cc1. The van der Waals surface area contributed by atoms with Gasteiger partial charge in [-0.2, -0.15) is 5.26 Å². The Morgan fingerprint density at radius 2 is 2.09 bits per heavy atom. The zero-order chi connectivity index (χ0) is 15.4. The Morgan fingerprint density at radius 1 is 1.32 bits per heavy atom. The minimum Gasteiger partial charge on any atom is -0.376 e. The fourth-order valence-electron chi connectivity index (χ4n) is 3.35. The lowest BCUT2D eigenvalue weighted by atomic mass is 9.90. The van der Waals surface area contributed by atoms with Crippen LogP contribution in [0.1, 0.15) is 31.2 Å². The summed E-state index contributed by atoms with van der Waals surface area (Å²) in [4.78, 5) is 14.5. The maximum atomic E-state index is 12.5. The minimum atomic E-state index is 0.129. The van der Waals surface area contributed by atoms with Crippen LogP contribution in [0.5, 0.6) is 0 Å². The Balaban J connectivity index is 1.57. The standard InChI is InChI=1S/C17H21N3O2/c18-11-13-5-7-14(8-6-13)19-12-17(21)20-9-10-22-16-4-2-1-3-15(16)20/h5-8,15-16,19H,1-4,9-10,12H2/t15-,16-/m0/s1. The average molecular weight is 299 g/mol. The molecule has 1 heterocycles. The lowest BCUT2D eigenvalue weighted by Gasteiger charge is -2.43. The normalized spacial score (nSPS) is 24.2. The zero-order valence-electron chi connectivity index (χ0n) is 12.6. The summed E-state index contributed by atoms with van der Waals surface area (Å²) in [6.07, 6.45) is 4.72. The quantitative estimate of drug-likeness (QED) is 0.928. The molecule has 0 bridgehead atoms. The van der Waals surface area contributed by atoms with Crippen molar-refractivity contribution >= 4 is 11.6 Å². The number of nitrogens with zero attached hydrogens (tertiary/aromatic N) is 2. The number of benzene rings is 1. The molecule has 1 aliphatic heterocycles. The van der Waals surface area contributed by atoms with E-state index in [-0.39, 0.29) is 24.6 Å². The summed E-state index contributed by atoms with van der Waals surface area (Å²) >= 11 is 0. The molecular formula is C17H21N3O2. The lowest BCUT2D eigenvalue weighted by Crippen LogP contribution is -2.56. The molecule has 5 heteroatoms. The summed E-state index contributed by atoms with van der Waals surface area (Å²) in [5.74, 6) is 0.129. The van der Waals surface area contributed by atoms with Gasteiger partial charge in [0.15, 0.2) is 0 Å². The zero-order valence-corrected chi connectivity index (χ0v) is 12.6. The van der Waals surface area contributed by atoms with Gasteiger partial charge >= 0.3 is 0 Å². The second-order valence-corrected chi connectivity index (χ2v) is 5.89. The maximum absolute atomic E-state index is 12.5. The molecule has 0 spiro atoms. The van der Waals surface area contributed by atoms with Crippen LogP contribution in [-0.4, -0.2) is 42.6 Å². The van der Waals surface area contributed by atoms with Gasteiger partial charge in [0.2, 0.25) is 5.91 Å². The van der Waals surface area contributed by atoms with Gasteiger partial charge in [-0.25, -0.2) is 0 Å².